The number of hydrogen-bond acceptors (Lipinski definition) is 2. The molecule has 0 bridgehead atoms. The van der Waals surface area contributed by atoms with E-state index in [0.29, 0.717) is 12.2 Å². The van der Waals surface area contributed by atoms with E-state index in [1.54, 1.807) is 22.4 Å². The van der Waals surface area contributed by atoms with Gasteiger partial charge in [0, 0.05) is 22.0 Å². The number of aromatic nitrogens is 1. The van der Waals surface area contributed by atoms with Crippen LogP contribution in [0.4, 0.5) is 0 Å². The average Bonchev–Trinajstić information content (AvgIpc) is 3.14. The van der Waals surface area contributed by atoms with Crippen LogP contribution in [-0.4, -0.2) is 15.8 Å². The Labute approximate surface area is 126 Å². The molecule has 1 N–H and O–H groups in total. The Kier molecular flexibility index (Phi) is 3.73. The molecule has 0 aliphatic rings. The van der Waals surface area contributed by atoms with Crippen molar-refractivity contribution in [3.05, 3.63) is 76.9 Å². The number of rotatable bonds is 4. The molecule has 0 aliphatic heterocycles. The van der Waals surface area contributed by atoms with Crippen LogP contribution in [0.1, 0.15) is 15.4 Å². The van der Waals surface area contributed by atoms with Crippen molar-refractivity contribution in [3.8, 4) is 0 Å². The molecular formula is C17H14N2OS. The summed E-state index contributed by atoms with van der Waals surface area (Å²) in [6.45, 7) is 4.09. The highest BCUT2D eigenvalue weighted by molar-refractivity contribution is 7.09. The molecule has 0 spiro atoms. The van der Waals surface area contributed by atoms with Crippen LogP contribution < -0.4 is 0 Å². The van der Waals surface area contributed by atoms with Crippen molar-refractivity contribution in [1.82, 2.24) is 9.88 Å². The molecule has 1 aromatic carbocycles. The summed E-state index contributed by atoms with van der Waals surface area (Å²) < 4.78 is 0. The summed E-state index contributed by atoms with van der Waals surface area (Å²) >= 11 is 1.62. The van der Waals surface area contributed by atoms with E-state index in [4.69, 9.17) is 0 Å². The number of nitrogens with one attached hydrogen (secondary N) is 1. The van der Waals surface area contributed by atoms with E-state index in [1.807, 2.05) is 47.8 Å². The molecular weight excluding hydrogens is 280 g/mol. The van der Waals surface area contributed by atoms with E-state index in [2.05, 4.69) is 17.3 Å². The molecule has 2 aromatic heterocycles. The largest absolute Gasteiger partial charge is 0.351 e. The quantitative estimate of drug-likeness (QED) is 0.720. The molecule has 3 aromatic rings. The number of nitrogens with zero attached hydrogens (tertiary/aromatic N) is 1. The minimum Gasteiger partial charge on any atom is -0.351 e. The van der Waals surface area contributed by atoms with Gasteiger partial charge >= 0.3 is 0 Å². The third-order valence-electron chi connectivity index (χ3n) is 3.17. The smallest absolute Gasteiger partial charge is 0.275 e. The first kappa shape index (κ1) is 13.4. The molecule has 0 saturated carbocycles. The van der Waals surface area contributed by atoms with Crippen LogP contribution in [0.3, 0.4) is 0 Å². The van der Waals surface area contributed by atoms with Gasteiger partial charge in [0.1, 0.15) is 5.69 Å². The number of hydrogen-bond donors (Lipinski definition) is 1. The second kappa shape index (κ2) is 5.83. The molecule has 2 heterocycles. The van der Waals surface area contributed by atoms with E-state index in [1.165, 1.54) is 0 Å². The van der Waals surface area contributed by atoms with Gasteiger partial charge in [-0.3, -0.25) is 4.79 Å². The fourth-order valence-corrected chi connectivity index (χ4v) is 2.90. The zero-order valence-electron chi connectivity index (χ0n) is 11.4. The second-order valence-corrected chi connectivity index (χ2v) is 5.65. The average molecular weight is 294 g/mol. The number of benzene rings is 1. The summed E-state index contributed by atoms with van der Waals surface area (Å²) in [5, 5.41) is 3.03. The summed E-state index contributed by atoms with van der Waals surface area (Å²) in [6.07, 6.45) is 1.59. The summed E-state index contributed by atoms with van der Waals surface area (Å²) in [5.74, 6) is -0.0873. The molecule has 0 radical (unpaired) electrons. The fraction of sp³-hybridized carbons (Fsp3) is 0.0588. The lowest BCUT2D eigenvalue weighted by Crippen LogP contribution is -2.24. The van der Waals surface area contributed by atoms with Gasteiger partial charge in [-0.1, -0.05) is 30.8 Å². The topological polar surface area (TPSA) is 36.1 Å². The Hall–Kier alpha value is -2.55. The summed E-state index contributed by atoms with van der Waals surface area (Å²) in [6, 6.07) is 13.7. The summed E-state index contributed by atoms with van der Waals surface area (Å²) in [4.78, 5) is 18.5. The monoisotopic (exact) mass is 294 g/mol. The van der Waals surface area contributed by atoms with Crippen LogP contribution in [0, 0.1) is 0 Å². The summed E-state index contributed by atoms with van der Waals surface area (Å²) in [7, 11) is 0. The molecule has 4 heteroatoms. The highest BCUT2D eigenvalue weighted by atomic mass is 32.1. The van der Waals surface area contributed by atoms with E-state index < -0.39 is 0 Å². The lowest BCUT2D eigenvalue weighted by molar-refractivity contribution is 0.0810. The van der Waals surface area contributed by atoms with Gasteiger partial charge in [0.2, 0.25) is 0 Å². The lowest BCUT2D eigenvalue weighted by atomic mass is 10.2. The Morgan fingerprint density at radius 2 is 2.19 bits per heavy atom. The molecule has 0 saturated heterocycles. The van der Waals surface area contributed by atoms with E-state index in [0.717, 1.165) is 15.8 Å². The number of carbonyl (C=O) groups excluding carboxylic acids is 1. The van der Waals surface area contributed by atoms with Crippen molar-refractivity contribution in [2.45, 2.75) is 6.54 Å². The van der Waals surface area contributed by atoms with Gasteiger partial charge in [-0.25, -0.2) is 0 Å². The third kappa shape index (κ3) is 2.82. The number of aromatic amines is 1. The van der Waals surface area contributed by atoms with Crippen molar-refractivity contribution < 1.29 is 4.79 Å². The van der Waals surface area contributed by atoms with Gasteiger partial charge < -0.3 is 9.88 Å². The van der Waals surface area contributed by atoms with Gasteiger partial charge in [0.25, 0.3) is 5.91 Å². The minimum atomic E-state index is -0.0873. The van der Waals surface area contributed by atoms with Crippen LogP contribution in [0.2, 0.25) is 0 Å². The zero-order chi connectivity index (χ0) is 14.7. The van der Waals surface area contributed by atoms with Crippen molar-refractivity contribution >= 4 is 28.1 Å². The van der Waals surface area contributed by atoms with Gasteiger partial charge in [-0.15, -0.1) is 17.1 Å². The van der Waals surface area contributed by atoms with E-state index >= 15 is 0 Å². The van der Waals surface area contributed by atoms with Gasteiger partial charge in [0.05, 0.1) is 6.54 Å². The standard InChI is InChI=1S/C17H14N2OS/c1-2-9-19(12-14-7-5-10-21-14)17(20)16-11-13-6-3-4-8-15(13)18-16/h3-11,18H,1,12H2. The van der Waals surface area contributed by atoms with Crippen LogP contribution in [0.15, 0.2) is 66.4 Å². The number of fused-ring (bicyclic) bond motifs is 1. The molecule has 21 heavy (non-hydrogen) atoms. The lowest BCUT2D eigenvalue weighted by Gasteiger charge is -2.15. The predicted octanol–water partition coefficient (Wildman–Crippen LogP) is 4.17. The predicted molar refractivity (Wildman–Crippen MR) is 86.2 cm³/mol. The Morgan fingerprint density at radius 3 is 2.90 bits per heavy atom. The van der Waals surface area contributed by atoms with Gasteiger partial charge in [0.15, 0.2) is 0 Å². The third-order valence-corrected chi connectivity index (χ3v) is 4.04. The van der Waals surface area contributed by atoms with Crippen molar-refractivity contribution in [1.29, 1.82) is 0 Å². The maximum Gasteiger partial charge on any atom is 0.275 e. The highest BCUT2D eigenvalue weighted by Crippen LogP contribution is 2.18. The molecule has 3 rings (SSSR count). The Morgan fingerprint density at radius 1 is 1.33 bits per heavy atom. The van der Waals surface area contributed by atoms with Crippen molar-refractivity contribution in [2.24, 2.45) is 0 Å². The first-order chi connectivity index (χ1) is 10.3. The number of amides is 1. The van der Waals surface area contributed by atoms with Gasteiger partial charge in [-0.05, 0) is 23.6 Å². The number of carbonyl (C=O) groups is 1. The van der Waals surface area contributed by atoms with E-state index in [-0.39, 0.29) is 5.91 Å². The minimum absolute atomic E-state index is 0.0873. The molecule has 3 nitrogen and oxygen atoms in total. The molecule has 0 fully saturated rings. The Balaban J connectivity index is 1.91. The Bertz CT molecular complexity index is 777. The SMILES string of the molecule is C=C=CN(Cc1cccs1)C(=O)c1cc2ccccc2[nH]1. The first-order valence-corrected chi connectivity index (χ1v) is 7.43. The summed E-state index contributed by atoms with van der Waals surface area (Å²) in [5.41, 5.74) is 4.21. The molecule has 0 aliphatic carbocycles. The van der Waals surface area contributed by atoms with Crippen LogP contribution in [-0.2, 0) is 6.54 Å². The molecule has 1 amide bonds. The maximum atomic E-state index is 12.6. The number of H-pyrrole nitrogens is 1. The maximum absolute atomic E-state index is 12.6. The normalized spacial score (nSPS) is 10.3. The van der Waals surface area contributed by atoms with Crippen LogP contribution in [0.5, 0.6) is 0 Å². The van der Waals surface area contributed by atoms with Crippen LogP contribution in [0.25, 0.3) is 10.9 Å². The van der Waals surface area contributed by atoms with Crippen LogP contribution >= 0.6 is 11.3 Å². The number of thiophene rings is 1. The van der Waals surface area contributed by atoms with Gasteiger partial charge in [-0.2, -0.15) is 0 Å². The molecule has 104 valence electrons. The molecule has 0 atom stereocenters. The second-order valence-electron chi connectivity index (χ2n) is 4.62. The fourth-order valence-electron chi connectivity index (χ4n) is 2.20. The number of para-hydroxylation sites is 1. The zero-order valence-corrected chi connectivity index (χ0v) is 12.2. The van der Waals surface area contributed by atoms with Crippen molar-refractivity contribution in [3.63, 3.8) is 0 Å². The van der Waals surface area contributed by atoms with E-state index in [9.17, 15) is 4.79 Å². The molecule has 0 unspecified atom stereocenters. The first-order valence-electron chi connectivity index (χ1n) is 6.55. The van der Waals surface area contributed by atoms with Crippen molar-refractivity contribution in [2.75, 3.05) is 0 Å². The highest BCUT2D eigenvalue weighted by Gasteiger charge is 2.16.